The fourth-order valence-electron chi connectivity index (χ4n) is 2.70. The molecule has 4 heteroatoms. The molecule has 0 aromatic rings. The number of hydrogen-bond acceptors (Lipinski definition) is 3. The van der Waals surface area contributed by atoms with Crippen LogP contribution in [0.5, 0.6) is 0 Å². The van der Waals surface area contributed by atoms with E-state index in [1.807, 2.05) is 4.90 Å². The van der Waals surface area contributed by atoms with Gasteiger partial charge in [0.05, 0.1) is 6.61 Å². The first-order chi connectivity index (χ1) is 8.25. The molecule has 2 aliphatic heterocycles. The lowest BCUT2D eigenvalue weighted by molar-refractivity contribution is -0.129. The fourth-order valence-corrected chi connectivity index (χ4v) is 2.70. The molecule has 0 radical (unpaired) electrons. The first-order valence-electron chi connectivity index (χ1n) is 6.82. The van der Waals surface area contributed by atoms with Gasteiger partial charge in [-0.25, -0.2) is 0 Å². The van der Waals surface area contributed by atoms with E-state index in [4.69, 9.17) is 4.74 Å². The molecule has 0 saturated carbocycles. The Bertz CT molecular complexity index is 244. The predicted molar refractivity (Wildman–Crippen MR) is 66.8 cm³/mol. The number of nitrogens with one attached hydrogen (secondary N) is 1. The van der Waals surface area contributed by atoms with Gasteiger partial charge in [-0.3, -0.25) is 4.79 Å². The van der Waals surface area contributed by atoms with Crippen LogP contribution in [0.2, 0.25) is 0 Å². The highest BCUT2D eigenvalue weighted by Gasteiger charge is 2.21. The van der Waals surface area contributed by atoms with Crippen molar-refractivity contribution < 1.29 is 9.53 Å². The second-order valence-electron chi connectivity index (χ2n) is 5.27. The van der Waals surface area contributed by atoms with E-state index in [2.05, 4.69) is 5.32 Å². The number of amides is 1. The summed E-state index contributed by atoms with van der Waals surface area (Å²) in [6.45, 7) is 6.41. The van der Waals surface area contributed by atoms with Gasteiger partial charge in [-0.05, 0) is 31.6 Å². The smallest absolute Gasteiger partial charge is 0.219 e. The number of likely N-dealkylation sites (tertiary alicyclic amines) is 1. The van der Waals surface area contributed by atoms with Crippen molar-refractivity contribution in [1.29, 1.82) is 0 Å². The Labute approximate surface area is 104 Å². The van der Waals surface area contributed by atoms with Crippen LogP contribution in [0.1, 0.15) is 32.6 Å². The van der Waals surface area contributed by atoms with Crippen molar-refractivity contribution >= 4 is 5.91 Å². The zero-order valence-corrected chi connectivity index (χ0v) is 10.8. The van der Waals surface area contributed by atoms with E-state index in [1.165, 1.54) is 12.8 Å². The summed E-state index contributed by atoms with van der Waals surface area (Å²) in [7, 11) is 0. The number of carbonyl (C=O) groups is 1. The Balaban J connectivity index is 1.62. The highest BCUT2D eigenvalue weighted by Crippen LogP contribution is 2.15. The lowest BCUT2D eigenvalue weighted by Crippen LogP contribution is -2.45. The van der Waals surface area contributed by atoms with Gasteiger partial charge in [0.1, 0.15) is 0 Å². The van der Waals surface area contributed by atoms with E-state index in [9.17, 15) is 4.79 Å². The Hall–Kier alpha value is -0.610. The summed E-state index contributed by atoms with van der Waals surface area (Å²) in [5, 5.41) is 3.63. The van der Waals surface area contributed by atoms with Gasteiger partial charge < -0.3 is 15.0 Å². The molecule has 0 spiro atoms. The van der Waals surface area contributed by atoms with Crippen molar-refractivity contribution in [3.05, 3.63) is 0 Å². The third-order valence-electron chi connectivity index (χ3n) is 3.89. The largest absolute Gasteiger partial charge is 0.381 e. The Kier molecular flexibility index (Phi) is 4.80. The van der Waals surface area contributed by atoms with Crippen LogP contribution in [0.15, 0.2) is 0 Å². The number of hydrogen-bond donors (Lipinski definition) is 1. The lowest BCUT2D eigenvalue weighted by Gasteiger charge is -2.33. The Morgan fingerprint density at radius 1 is 1.35 bits per heavy atom. The minimum Gasteiger partial charge on any atom is -0.381 e. The molecule has 0 bridgehead atoms. The molecule has 98 valence electrons. The molecule has 4 nitrogen and oxygen atoms in total. The quantitative estimate of drug-likeness (QED) is 0.800. The fraction of sp³-hybridized carbons (Fsp3) is 0.923. The third-order valence-corrected chi connectivity index (χ3v) is 3.89. The number of carbonyl (C=O) groups excluding carboxylic acids is 1. The predicted octanol–water partition coefficient (Wildman–Crippen LogP) is 1.01. The van der Waals surface area contributed by atoms with Crippen molar-refractivity contribution in [2.45, 2.75) is 38.6 Å². The van der Waals surface area contributed by atoms with Crippen molar-refractivity contribution in [2.24, 2.45) is 5.92 Å². The molecule has 2 aliphatic rings. The zero-order chi connectivity index (χ0) is 12.1. The van der Waals surface area contributed by atoms with Crippen LogP contribution < -0.4 is 5.32 Å². The van der Waals surface area contributed by atoms with Crippen molar-refractivity contribution in [1.82, 2.24) is 10.2 Å². The first kappa shape index (κ1) is 12.8. The standard InChI is InChI=1S/C13H24N2O2/c1-11(16)15-6-4-13(5-7-15)14-9-12-3-2-8-17-10-12/h12-14H,2-10H2,1H3. The summed E-state index contributed by atoms with van der Waals surface area (Å²) in [4.78, 5) is 13.1. The average molecular weight is 240 g/mol. The van der Waals surface area contributed by atoms with E-state index in [1.54, 1.807) is 6.92 Å². The summed E-state index contributed by atoms with van der Waals surface area (Å²) in [6.07, 6.45) is 4.68. The van der Waals surface area contributed by atoms with Gasteiger partial charge in [0.25, 0.3) is 0 Å². The van der Waals surface area contributed by atoms with Gasteiger partial charge in [-0.2, -0.15) is 0 Å². The topological polar surface area (TPSA) is 41.6 Å². The number of nitrogens with zero attached hydrogens (tertiary/aromatic N) is 1. The molecular weight excluding hydrogens is 216 g/mol. The highest BCUT2D eigenvalue weighted by molar-refractivity contribution is 5.73. The molecule has 1 N–H and O–H groups in total. The summed E-state index contributed by atoms with van der Waals surface area (Å²) in [6, 6.07) is 0.590. The molecule has 2 fully saturated rings. The van der Waals surface area contributed by atoms with E-state index in [0.717, 1.165) is 45.7 Å². The van der Waals surface area contributed by atoms with Crippen LogP contribution in [-0.4, -0.2) is 49.7 Å². The minimum atomic E-state index is 0.212. The number of rotatable bonds is 3. The highest BCUT2D eigenvalue weighted by atomic mass is 16.5. The third kappa shape index (κ3) is 3.96. The van der Waals surface area contributed by atoms with E-state index < -0.39 is 0 Å². The molecule has 1 atom stereocenters. The number of ether oxygens (including phenoxy) is 1. The normalized spacial score (nSPS) is 27.1. The summed E-state index contributed by atoms with van der Waals surface area (Å²) < 4.78 is 5.48. The molecular formula is C13H24N2O2. The maximum atomic E-state index is 11.2. The van der Waals surface area contributed by atoms with E-state index in [0.29, 0.717) is 12.0 Å². The van der Waals surface area contributed by atoms with Crippen molar-refractivity contribution in [3.8, 4) is 0 Å². The van der Waals surface area contributed by atoms with Crippen molar-refractivity contribution in [2.75, 3.05) is 32.8 Å². The average Bonchev–Trinajstić information content (AvgIpc) is 2.38. The van der Waals surface area contributed by atoms with Gasteiger partial charge in [-0.1, -0.05) is 0 Å². The first-order valence-corrected chi connectivity index (χ1v) is 6.82. The van der Waals surface area contributed by atoms with Gasteiger partial charge in [0.15, 0.2) is 0 Å². The monoisotopic (exact) mass is 240 g/mol. The summed E-state index contributed by atoms with van der Waals surface area (Å²) in [5.41, 5.74) is 0. The zero-order valence-electron chi connectivity index (χ0n) is 10.8. The SMILES string of the molecule is CC(=O)N1CCC(NCC2CCCOC2)CC1. The van der Waals surface area contributed by atoms with Crippen LogP contribution in [0, 0.1) is 5.92 Å². The van der Waals surface area contributed by atoms with E-state index in [-0.39, 0.29) is 5.91 Å². The van der Waals surface area contributed by atoms with Gasteiger partial charge in [-0.15, -0.1) is 0 Å². The van der Waals surface area contributed by atoms with Crippen LogP contribution in [0.3, 0.4) is 0 Å². The number of piperidine rings is 1. The lowest BCUT2D eigenvalue weighted by atomic mass is 10.00. The molecule has 0 aromatic carbocycles. The molecule has 0 aromatic heterocycles. The van der Waals surface area contributed by atoms with Crippen LogP contribution in [0.25, 0.3) is 0 Å². The van der Waals surface area contributed by atoms with Crippen LogP contribution in [0.4, 0.5) is 0 Å². The molecule has 2 saturated heterocycles. The molecule has 0 aliphatic carbocycles. The maximum Gasteiger partial charge on any atom is 0.219 e. The van der Waals surface area contributed by atoms with Gasteiger partial charge in [0.2, 0.25) is 5.91 Å². The molecule has 2 rings (SSSR count). The second kappa shape index (κ2) is 6.36. The molecule has 1 amide bonds. The van der Waals surface area contributed by atoms with Gasteiger partial charge in [0, 0.05) is 39.2 Å². The minimum absolute atomic E-state index is 0.212. The Morgan fingerprint density at radius 2 is 2.12 bits per heavy atom. The maximum absolute atomic E-state index is 11.2. The van der Waals surface area contributed by atoms with Crippen molar-refractivity contribution in [3.63, 3.8) is 0 Å². The summed E-state index contributed by atoms with van der Waals surface area (Å²) >= 11 is 0. The van der Waals surface area contributed by atoms with Gasteiger partial charge >= 0.3 is 0 Å². The molecule has 1 unspecified atom stereocenters. The van der Waals surface area contributed by atoms with Crippen LogP contribution in [-0.2, 0) is 9.53 Å². The summed E-state index contributed by atoms with van der Waals surface area (Å²) in [5.74, 6) is 0.902. The second-order valence-corrected chi connectivity index (χ2v) is 5.27. The van der Waals surface area contributed by atoms with E-state index >= 15 is 0 Å². The Morgan fingerprint density at radius 3 is 2.71 bits per heavy atom. The molecule has 2 heterocycles. The molecule has 17 heavy (non-hydrogen) atoms. The van der Waals surface area contributed by atoms with Crippen LogP contribution >= 0.6 is 0 Å².